The third-order valence-electron chi connectivity index (χ3n) is 4.09. The van der Waals surface area contributed by atoms with Gasteiger partial charge in [-0.05, 0) is 35.9 Å². The van der Waals surface area contributed by atoms with E-state index in [4.69, 9.17) is 10.00 Å². The second-order valence-corrected chi connectivity index (χ2v) is 7.58. The highest BCUT2D eigenvalue weighted by Gasteiger charge is 2.26. The number of nitrogens with one attached hydrogen (secondary N) is 1. The number of aromatic nitrogens is 2. The van der Waals surface area contributed by atoms with Crippen molar-refractivity contribution in [2.45, 2.75) is 10.9 Å². The van der Waals surface area contributed by atoms with Crippen molar-refractivity contribution in [3.05, 3.63) is 77.9 Å². The molecule has 1 aromatic heterocycles. The number of ether oxygens (including phenoxy) is 1. The molecule has 27 heavy (non-hydrogen) atoms. The lowest BCUT2D eigenvalue weighted by Gasteiger charge is -2.20. The molecule has 7 nitrogen and oxygen atoms in total. The standard InChI is InChI=1S/C19H18N4O3S/c1-23-10-9-21-19(23)18(15-6-4-7-16(12-15)26-2)22-27(24,25)17-8-3-5-14(11-17)13-20/h3-12,18,22H,1-2H3. The third kappa shape index (κ3) is 4.00. The lowest BCUT2D eigenvalue weighted by molar-refractivity contribution is 0.413. The molecule has 1 heterocycles. The van der Waals surface area contributed by atoms with Crippen LogP contribution in [0.2, 0.25) is 0 Å². The van der Waals surface area contributed by atoms with E-state index in [0.29, 0.717) is 17.1 Å². The fourth-order valence-electron chi connectivity index (χ4n) is 2.70. The Morgan fingerprint density at radius 2 is 2.00 bits per heavy atom. The number of benzene rings is 2. The first-order chi connectivity index (χ1) is 12.9. The van der Waals surface area contributed by atoms with Crippen molar-refractivity contribution >= 4 is 10.0 Å². The predicted octanol–water partition coefficient (Wildman–Crippen LogP) is 2.37. The fourth-order valence-corrected chi connectivity index (χ4v) is 3.93. The van der Waals surface area contributed by atoms with E-state index in [1.165, 1.54) is 18.2 Å². The molecule has 0 saturated carbocycles. The highest BCUT2D eigenvalue weighted by Crippen LogP contribution is 2.26. The van der Waals surface area contributed by atoms with Crippen LogP contribution in [0.5, 0.6) is 5.75 Å². The van der Waals surface area contributed by atoms with Crippen molar-refractivity contribution in [1.29, 1.82) is 5.26 Å². The van der Waals surface area contributed by atoms with E-state index in [1.807, 2.05) is 6.07 Å². The van der Waals surface area contributed by atoms with Crippen LogP contribution in [-0.4, -0.2) is 25.1 Å². The molecule has 2 aromatic carbocycles. The number of imidazole rings is 1. The Morgan fingerprint density at radius 1 is 1.22 bits per heavy atom. The number of methoxy groups -OCH3 is 1. The van der Waals surface area contributed by atoms with Gasteiger partial charge in [-0.1, -0.05) is 18.2 Å². The Bertz CT molecular complexity index is 1100. The monoisotopic (exact) mass is 382 g/mol. The summed E-state index contributed by atoms with van der Waals surface area (Å²) in [7, 11) is -0.558. The van der Waals surface area contributed by atoms with Crippen LogP contribution < -0.4 is 9.46 Å². The Kier molecular flexibility index (Phi) is 5.26. The SMILES string of the molecule is COc1cccc(C(NS(=O)(=O)c2cccc(C#N)c2)c2nccn2C)c1. The molecule has 0 spiro atoms. The van der Waals surface area contributed by atoms with E-state index in [2.05, 4.69) is 9.71 Å². The van der Waals surface area contributed by atoms with E-state index in [0.717, 1.165) is 0 Å². The summed E-state index contributed by atoms with van der Waals surface area (Å²) in [5.74, 6) is 1.14. The van der Waals surface area contributed by atoms with Crippen LogP contribution in [0.25, 0.3) is 0 Å². The molecule has 1 N–H and O–H groups in total. The Balaban J connectivity index is 2.06. The minimum atomic E-state index is -3.90. The van der Waals surface area contributed by atoms with Gasteiger partial charge >= 0.3 is 0 Å². The maximum absolute atomic E-state index is 13.0. The number of nitriles is 1. The van der Waals surface area contributed by atoms with Gasteiger partial charge in [0.2, 0.25) is 10.0 Å². The second kappa shape index (κ2) is 7.61. The second-order valence-electron chi connectivity index (χ2n) is 5.87. The normalized spacial score (nSPS) is 12.3. The number of hydrogen-bond acceptors (Lipinski definition) is 5. The summed E-state index contributed by atoms with van der Waals surface area (Å²) in [6.45, 7) is 0. The summed E-state index contributed by atoms with van der Waals surface area (Å²) < 4.78 is 35.6. The van der Waals surface area contributed by atoms with Crippen molar-refractivity contribution in [2.24, 2.45) is 7.05 Å². The third-order valence-corrected chi connectivity index (χ3v) is 5.51. The van der Waals surface area contributed by atoms with E-state index in [1.54, 1.807) is 61.5 Å². The Labute approximate surface area is 157 Å². The van der Waals surface area contributed by atoms with Gasteiger partial charge in [0.1, 0.15) is 17.6 Å². The van der Waals surface area contributed by atoms with Gasteiger partial charge in [-0.2, -0.15) is 9.98 Å². The molecule has 1 unspecified atom stereocenters. The molecule has 1 atom stereocenters. The average Bonchev–Trinajstić information content (AvgIpc) is 3.12. The topological polar surface area (TPSA) is 97.0 Å². The molecule has 0 saturated heterocycles. The van der Waals surface area contributed by atoms with Gasteiger partial charge in [0.15, 0.2) is 0 Å². The van der Waals surface area contributed by atoms with Crippen LogP contribution in [0.4, 0.5) is 0 Å². The molecule has 0 aliphatic rings. The van der Waals surface area contributed by atoms with Gasteiger partial charge in [0, 0.05) is 19.4 Å². The van der Waals surface area contributed by atoms with Crippen molar-refractivity contribution in [1.82, 2.24) is 14.3 Å². The predicted molar refractivity (Wildman–Crippen MR) is 99.5 cm³/mol. The Morgan fingerprint density at radius 3 is 2.67 bits per heavy atom. The molecule has 0 amide bonds. The molecular formula is C19H18N4O3S. The van der Waals surface area contributed by atoms with E-state index in [-0.39, 0.29) is 10.5 Å². The first-order valence-electron chi connectivity index (χ1n) is 8.08. The van der Waals surface area contributed by atoms with E-state index >= 15 is 0 Å². The highest BCUT2D eigenvalue weighted by atomic mass is 32.2. The van der Waals surface area contributed by atoms with Crippen LogP contribution in [0.1, 0.15) is 23.0 Å². The van der Waals surface area contributed by atoms with Crippen LogP contribution in [0.3, 0.4) is 0 Å². The van der Waals surface area contributed by atoms with Crippen LogP contribution in [-0.2, 0) is 17.1 Å². The average molecular weight is 382 g/mol. The van der Waals surface area contributed by atoms with Gasteiger partial charge < -0.3 is 9.30 Å². The zero-order chi connectivity index (χ0) is 19.4. The summed E-state index contributed by atoms with van der Waals surface area (Å²) in [5, 5.41) is 9.04. The van der Waals surface area contributed by atoms with Crippen LogP contribution in [0, 0.1) is 11.3 Å². The summed E-state index contributed by atoms with van der Waals surface area (Å²) in [5.41, 5.74) is 0.955. The highest BCUT2D eigenvalue weighted by molar-refractivity contribution is 7.89. The number of aryl methyl sites for hydroxylation is 1. The quantitative estimate of drug-likeness (QED) is 0.706. The van der Waals surface area contributed by atoms with Crippen molar-refractivity contribution in [3.63, 3.8) is 0 Å². The Hall–Kier alpha value is -3.15. The van der Waals surface area contributed by atoms with Crippen LogP contribution >= 0.6 is 0 Å². The lowest BCUT2D eigenvalue weighted by Crippen LogP contribution is -2.31. The zero-order valence-electron chi connectivity index (χ0n) is 14.8. The van der Waals surface area contributed by atoms with Crippen molar-refractivity contribution in [2.75, 3.05) is 7.11 Å². The molecule has 0 aliphatic heterocycles. The molecular weight excluding hydrogens is 364 g/mol. The first kappa shape index (κ1) is 18.6. The van der Waals surface area contributed by atoms with Crippen molar-refractivity contribution < 1.29 is 13.2 Å². The molecule has 138 valence electrons. The number of sulfonamides is 1. The smallest absolute Gasteiger partial charge is 0.241 e. The van der Waals surface area contributed by atoms with Gasteiger partial charge in [-0.15, -0.1) is 0 Å². The van der Waals surface area contributed by atoms with Crippen LogP contribution in [0.15, 0.2) is 65.8 Å². The van der Waals surface area contributed by atoms with Gasteiger partial charge in [-0.25, -0.2) is 13.4 Å². The number of hydrogen-bond donors (Lipinski definition) is 1. The molecule has 0 fully saturated rings. The maximum Gasteiger partial charge on any atom is 0.241 e. The summed E-state index contributed by atoms with van der Waals surface area (Å²) in [6, 6.07) is 14.2. The van der Waals surface area contributed by atoms with Gasteiger partial charge in [0.05, 0.1) is 23.6 Å². The minimum absolute atomic E-state index is 0.0173. The number of nitrogens with zero attached hydrogens (tertiary/aromatic N) is 3. The maximum atomic E-state index is 13.0. The summed E-state index contributed by atoms with van der Waals surface area (Å²) in [4.78, 5) is 4.32. The molecule has 0 radical (unpaired) electrons. The minimum Gasteiger partial charge on any atom is -0.497 e. The summed E-state index contributed by atoms with van der Waals surface area (Å²) in [6.07, 6.45) is 3.35. The zero-order valence-corrected chi connectivity index (χ0v) is 15.6. The number of rotatable bonds is 6. The fraction of sp³-hybridized carbons (Fsp3) is 0.158. The largest absolute Gasteiger partial charge is 0.497 e. The van der Waals surface area contributed by atoms with Gasteiger partial charge in [-0.3, -0.25) is 0 Å². The molecule has 0 aliphatic carbocycles. The first-order valence-corrected chi connectivity index (χ1v) is 9.56. The van der Waals surface area contributed by atoms with E-state index in [9.17, 15) is 8.42 Å². The van der Waals surface area contributed by atoms with Crippen molar-refractivity contribution in [3.8, 4) is 11.8 Å². The lowest BCUT2D eigenvalue weighted by atomic mass is 10.1. The van der Waals surface area contributed by atoms with Gasteiger partial charge in [0.25, 0.3) is 0 Å². The van der Waals surface area contributed by atoms with E-state index < -0.39 is 16.1 Å². The molecule has 3 aromatic rings. The molecule has 3 rings (SSSR count). The summed E-state index contributed by atoms with van der Waals surface area (Å²) >= 11 is 0. The molecule has 8 heteroatoms. The molecule has 0 bridgehead atoms.